The van der Waals surface area contributed by atoms with E-state index in [9.17, 15) is 18.0 Å². The summed E-state index contributed by atoms with van der Waals surface area (Å²) in [5.41, 5.74) is 0.343. The van der Waals surface area contributed by atoms with Crippen LogP contribution in [0.2, 0.25) is 0 Å². The molecule has 7 nitrogen and oxygen atoms in total. The lowest BCUT2D eigenvalue weighted by molar-refractivity contribution is -0.274. The summed E-state index contributed by atoms with van der Waals surface area (Å²) in [5.74, 6) is 0.365. The highest BCUT2D eigenvalue weighted by Crippen LogP contribution is 2.23. The van der Waals surface area contributed by atoms with Crippen LogP contribution in [0.3, 0.4) is 0 Å². The number of anilines is 1. The fourth-order valence-corrected chi connectivity index (χ4v) is 1.75. The van der Waals surface area contributed by atoms with Crippen molar-refractivity contribution in [3.05, 3.63) is 36.4 Å². The second-order valence-electron chi connectivity index (χ2n) is 4.50. The number of benzene rings is 1. The van der Waals surface area contributed by atoms with E-state index in [1.54, 1.807) is 11.7 Å². The topological polar surface area (TPSA) is 81.1 Å². The maximum Gasteiger partial charge on any atom is 0.573 e. The summed E-state index contributed by atoms with van der Waals surface area (Å²) < 4.78 is 41.4. The highest BCUT2D eigenvalue weighted by molar-refractivity contribution is 5.89. The number of nitrogens with one attached hydrogen (secondary N) is 2. The molecule has 0 saturated heterocycles. The minimum Gasteiger partial charge on any atom is -0.406 e. The highest BCUT2D eigenvalue weighted by atomic mass is 19.4. The number of alkyl halides is 3. The molecule has 0 aliphatic rings. The largest absolute Gasteiger partial charge is 0.573 e. The molecule has 0 bridgehead atoms. The van der Waals surface area contributed by atoms with Crippen LogP contribution in [0.25, 0.3) is 0 Å². The molecule has 0 aliphatic heterocycles. The predicted molar refractivity (Wildman–Crippen MR) is 74.9 cm³/mol. The van der Waals surface area contributed by atoms with Crippen LogP contribution in [-0.2, 0) is 13.5 Å². The van der Waals surface area contributed by atoms with Crippen molar-refractivity contribution in [1.29, 1.82) is 0 Å². The van der Waals surface area contributed by atoms with E-state index in [1.807, 2.05) is 0 Å². The van der Waals surface area contributed by atoms with Gasteiger partial charge >= 0.3 is 12.4 Å². The minimum absolute atomic E-state index is 0.341. The van der Waals surface area contributed by atoms with Crippen LogP contribution in [0.15, 0.2) is 30.6 Å². The summed E-state index contributed by atoms with van der Waals surface area (Å²) in [6.07, 6.45) is -2.82. The lowest BCUT2D eigenvalue weighted by atomic mass is 10.3. The smallest absolute Gasteiger partial charge is 0.406 e. The molecule has 0 unspecified atom stereocenters. The molecule has 2 aromatic rings. The van der Waals surface area contributed by atoms with Crippen molar-refractivity contribution < 1.29 is 22.7 Å². The van der Waals surface area contributed by atoms with Gasteiger partial charge in [0, 0.05) is 25.7 Å². The van der Waals surface area contributed by atoms with Gasteiger partial charge in [0.2, 0.25) is 0 Å². The molecule has 0 fully saturated rings. The number of aryl methyl sites for hydroxylation is 1. The number of urea groups is 1. The lowest BCUT2D eigenvalue weighted by Crippen LogP contribution is -2.30. The van der Waals surface area contributed by atoms with E-state index >= 15 is 0 Å². The minimum atomic E-state index is -4.74. The van der Waals surface area contributed by atoms with Crippen molar-refractivity contribution in [2.24, 2.45) is 7.05 Å². The highest BCUT2D eigenvalue weighted by Gasteiger charge is 2.30. The Kier molecular flexibility index (Phi) is 5.04. The third kappa shape index (κ3) is 5.49. The summed E-state index contributed by atoms with van der Waals surface area (Å²) in [6.45, 7) is 0.341. The number of hydrogen-bond donors (Lipinski definition) is 2. The maximum absolute atomic E-state index is 12.0. The summed E-state index contributed by atoms with van der Waals surface area (Å²) in [4.78, 5) is 15.7. The van der Waals surface area contributed by atoms with Crippen molar-refractivity contribution in [2.45, 2.75) is 12.8 Å². The molecule has 0 radical (unpaired) electrons. The summed E-state index contributed by atoms with van der Waals surface area (Å²) >= 11 is 0. The average molecular weight is 329 g/mol. The third-order valence-corrected chi connectivity index (χ3v) is 2.79. The van der Waals surface area contributed by atoms with E-state index < -0.39 is 12.4 Å². The van der Waals surface area contributed by atoms with E-state index in [0.717, 1.165) is 18.0 Å². The van der Waals surface area contributed by atoms with Crippen LogP contribution in [0, 0.1) is 0 Å². The monoisotopic (exact) mass is 329 g/mol. The van der Waals surface area contributed by atoms with E-state index in [4.69, 9.17) is 0 Å². The van der Waals surface area contributed by atoms with Crippen molar-refractivity contribution in [1.82, 2.24) is 20.1 Å². The second kappa shape index (κ2) is 6.99. The fourth-order valence-electron chi connectivity index (χ4n) is 1.75. The Morgan fingerprint density at radius 2 is 2.00 bits per heavy atom. The first-order valence-corrected chi connectivity index (χ1v) is 6.57. The third-order valence-electron chi connectivity index (χ3n) is 2.79. The Balaban J connectivity index is 1.77. The summed E-state index contributed by atoms with van der Waals surface area (Å²) in [6, 6.07) is 4.37. The Bertz CT molecular complexity index is 654. The molecule has 2 N–H and O–H groups in total. The molecule has 1 aromatic heterocycles. The number of amides is 2. The molecule has 1 aromatic carbocycles. The summed E-state index contributed by atoms with van der Waals surface area (Å²) in [7, 11) is 1.74. The molecule has 0 atom stereocenters. The van der Waals surface area contributed by atoms with Gasteiger partial charge in [0.15, 0.2) is 0 Å². The van der Waals surface area contributed by atoms with Crippen molar-refractivity contribution in [2.75, 3.05) is 11.9 Å². The quantitative estimate of drug-likeness (QED) is 0.880. The van der Waals surface area contributed by atoms with Gasteiger partial charge in [-0.15, -0.1) is 13.2 Å². The number of hydrogen-bond acceptors (Lipinski definition) is 4. The van der Waals surface area contributed by atoms with E-state index in [2.05, 4.69) is 25.5 Å². The van der Waals surface area contributed by atoms with Crippen LogP contribution in [0.1, 0.15) is 5.82 Å². The van der Waals surface area contributed by atoms with Gasteiger partial charge in [-0.05, 0) is 24.3 Å². The first-order chi connectivity index (χ1) is 10.8. The van der Waals surface area contributed by atoms with E-state index in [0.29, 0.717) is 18.7 Å². The Morgan fingerprint density at radius 3 is 2.57 bits per heavy atom. The number of halogens is 3. The van der Waals surface area contributed by atoms with Crippen molar-refractivity contribution in [3.8, 4) is 5.75 Å². The second-order valence-corrected chi connectivity index (χ2v) is 4.50. The average Bonchev–Trinajstić information content (AvgIpc) is 2.85. The summed E-state index contributed by atoms with van der Waals surface area (Å²) in [5, 5.41) is 9.01. The molecular formula is C13H14F3N5O2. The van der Waals surface area contributed by atoms with E-state index in [-0.39, 0.29) is 5.75 Å². The molecule has 23 heavy (non-hydrogen) atoms. The molecule has 0 spiro atoms. The van der Waals surface area contributed by atoms with Crippen LogP contribution in [0.5, 0.6) is 5.75 Å². The number of rotatable bonds is 5. The van der Waals surface area contributed by atoms with Crippen molar-refractivity contribution in [3.63, 3.8) is 0 Å². The molecule has 0 saturated carbocycles. The molecule has 0 aliphatic carbocycles. The van der Waals surface area contributed by atoms with Crippen LogP contribution < -0.4 is 15.4 Å². The zero-order valence-electron chi connectivity index (χ0n) is 12.1. The molecule has 2 amide bonds. The number of ether oxygens (including phenoxy) is 1. The van der Waals surface area contributed by atoms with Gasteiger partial charge in [0.1, 0.15) is 17.9 Å². The Morgan fingerprint density at radius 1 is 1.30 bits per heavy atom. The number of aromatic nitrogens is 3. The normalized spacial score (nSPS) is 11.1. The van der Waals surface area contributed by atoms with Crippen LogP contribution in [-0.4, -0.2) is 33.7 Å². The first kappa shape index (κ1) is 16.6. The maximum atomic E-state index is 12.0. The van der Waals surface area contributed by atoms with Gasteiger partial charge < -0.3 is 15.4 Å². The predicted octanol–water partition coefficient (Wildman–Crippen LogP) is 2.08. The fraction of sp³-hybridized carbons (Fsp3) is 0.308. The molecule has 1 heterocycles. The zero-order valence-corrected chi connectivity index (χ0v) is 12.1. The van der Waals surface area contributed by atoms with Crippen LogP contribution in [0.4, 0.5) is 23.7 Å². The Hall–Kier alpha value is -2.78. The lowest BCUT2D eigenvalue weighted by Gasteiger charge is -2.10. The molecular weight excluding hydrogens is 315 g/mol. The van der Waals surface area contributed by atoms with Crippen LogP contribution >= 0.6 is 0 Å². The van der Waals surface area contributed by atoms with Gasteiger partial charge in [-0.25, -0.2) is 9.78 Å². The van der Waals surface area contributed by atoms with Gasteiger partial charge in [-0.2, -0.15) is 5.10 Å². The SMILES string of the molecule is Cn1ncnc1CCNC(=O)Nc1ccc(OC(F)(F)F)cc1. The first-order valence-electron chi connectivity index (χ1n) is 6.57. The molecule has 124 valence electrons. The standard InChI is InChI=1S/C13H14F3N5O2/c1-21-11(18-8-19-21)6-7-17-12(22)20-9-2-4-10(5-3-9)23-13(14,15)16/h2-5,8H,6-7H2,1H3,(H2,17,20,22). The van der Waals surface area contributed by atoms with Gasteiger partial charge in [0.25, 0.3) is 0 Å². The zero-order chi connectivity index (χ0) is 16.9. The molecule has 10 heteroatoms. The number of nitrogens with zero attached hydrogens (tertiary/aromatic N) is 3. The number of carbonyl (C=O) groups excluding carboxylic acids is 1. The van der Waals surface area contributed by atoms with E-state index in [1.165, 1.54) is 18.5 Å². The van der Waals surface area contributed by atoms with Gasteiger partial charge in [0.05, 0.1) is 0 Å². The Labute approximate surface area is 129 Å². The van der Waals surface area contributed by atoms with Gasteiger partial charge in [-0.1, -0.05) is 0 Å². The number of carbonyl (C=O) groups is 1. The van der Waals surface area contributed by atoms with Crippen molar-refractivity contribution >= 4 is 11.7 Å². The molecule has 2 rings (SSSR count). The van der Waals surface area contributed by atoms with Gasteiger partial charge in [-0.3, -0.25) is 4.68 Å².